The molecule has 1 saturated heterocycles. The summed E-state index contributed by atoms with van der Waals surface area (Å²) in [6.07, 6.45) is 0.337. The van der Waals surface area contributed by atoms with E-state index in [0.29, 0.717) is 11.8 Å². The minimum atomic E-state index is -0.478. The molecule has 2 rings (SSSR count). The Balaban J connectivity index is 2.11. The van der Waals surface area contributed by atoms with Gasteiger partial charge in [-0.15, -0.1) is 0 Å². The third-order valence-corrected chi connectivity index (χ3v) is 2.64. The van der Waals surface area contributed by atoms with Crippen molar-refractivity contribution in [3.63, 3.8) is 0 Å². The first-order valence-corrected chi connectivity index (χ1v) is 5.23. The quantitative estimate of drug-likeness (QED) is 0.430. The van der Waals surface area contributed by atoms with Crippen LogP contribution in [0.25, 0.3) is 0 Å². The summed E-state index contributed by atoms with van der Waals surface area (Å²) in [6, 6.07) is 7.09. The molecule has 4 heteroatoms. The lowest BCUT2D eigenvalue weighted by Gasteiger charge is -2.28. The average Bonchev–Trinajstić information content (AvgIpc) is 2.39. The molecule has 1 aromatic rings. The van der Waals surface area contributed by atoms with E-state index in [1.54, 1.807) is 12.1 Å². The van der Waals surface area contributed by atoms with E-state index in [4.69, 9.17) is 4.74 Å². The Morgan fingerprint density at radius 1 is 1.19 bits per heavy atom. The molecular weight excluding hydrogens is 206 g/mol. The molecule has 1 aliphatic heterocycles. The zero-order valence-corrected chi connectivity index (χ0v) is 8.89. The number of carbonyl (C=O) groups is 2. The number of ketones is 1. The second-order valence-electron chi connectivity index (χ2n) is 3.63. The molecule has 0 radical (unpaired) electrons. The molecule has 0 spiro atoms. The monoisotopic (exact) mass is 219 g/mol. The van der Waals surface area contributed by atoms with Crippen molar-refractivity contribution in [1.82, 2.24) is 0 Å². The summed E-state index contributed by atoms with van der Waals surface area (Å²) in [7, 11) is 0. The van der Waals surface area contributed by atoms with Crippen molar-refractivity contribution in [3.05, 3.63) is 29.8 Å². The molecule has 0 aliphatic carbocycles. The highest BCUT2D eigenvalue weighted by molar-refractivity contribution is 6.33. The van der Waals surface area contributed by atoms with E-state index in [1.807, 2.05) is 12.1 Å². The Kier molecular flexibility index (Phi) is 3.31. The number of ether oxygens (including phenoxy) is 1. The molecule has 84 valence electrons. The second kappa shape index (κ2) is 4.90. The van der Waals surface area contributed by atoms with Crippen molar-refractivity contribution in [2.45, 2.75) is 0 Å². The molecule has 1 aliphatic rings. The maximum atomic E-state index is 11.1. The Morgan fingerprint density at radius 3 is 2.38 bits per heavy atom. The van der Waals surface area contributed by atoms with Crippen LogP contribution in [0.1, 0.15) is 10.4 Å². The standard InChI is InChI=1S/C12H13NO3/c14-9-12(15)10-1-3-11(4-2-10)13-5-7-16-8-6-13/h1-4,9H,5-8H2. The molecule has 0 bridgehead atoms. The fourth-order valence-corrected chi connectivity index (χ4v) is 1.73. The number of Topliss-reactive ketones (excluding diaryl/α,β-unsaturated/α-hetero) is 1. The fourth-order valence-electron chi connectivity index (χ4n) is 1.73. The number of anilines is 1. The van der Waals surface area contributed by atoms with Gasteiger partial charge in [-0.3, -0.25) is 9.59 Å². The lowest BCUT2D eigenvalue weighted by molar-refractivity contribution is -0.104. The summed E-state index contributed by atoms with van der Waals surface area (Å²) >= 11 is 0. The zero-order valence-electron chi connectivity index (χ0n) is 8.89. The Hall–Kier alpha value is -1.68. The topological polar surface area (TPSA) is 46.6 Å². The third kappa shape index (κ3) is 2.28. The molecule has 0 unspecified atom stereocenters. The van der Waals surface area contributed by atoms with Crippen LogP contribution in [0, 0.1) is 0 Å². The molecule has 1 heterocycles. The van der Waals surface area contributed by atoms with Crippen LogP contribution in [-0.2, 0) is 9.53 Å². The first kappa shape index (κ1) is 10.8. The molecule has 1 fully saturated rings. The van der Waals surface area contributed by atoms with Crippen LogP contribution in [-0.4, -0.2) is 38.4 Å². The summed E-state index contributed by atoms with van der Waals surface area (Å²) in [6.45, 7) is 3.19. The summed E-state index contributed by atoms with van der Waals surface area (Å²) in [4.78, 5) is 23.6. The van der Waals surface area contributed by atoms with Crippen molar-refractivity contribution in [2.75, 3.05) is 31.2 Å². The predicted octanol–water partition coefficient (Wildman–Crippen LogP) is 0.905. The average molecular weight is 219 g/mol. The second-order valence-corrected chi connectivity index (χ2v) is 3.63. The minimum Gasteiger partial charge on any atom is -0.378 e. The first-order valence-electron chi connectivity index (χ1n) is 5.23. The molecule has 0 N–H and O–H groups in total. The summed E-state index contributed by atoms with van der Waals surface area (Å²) < 4.78 is 5.26. The van der Waals surface area contributed by atoms with Gasteiger partial charge in [-0.1, -0.05) is 0 Å². The van der Waals surface area contributed by atoms with Crippen LogP contribution in [0.15, 0.2) is 24.3 Å². The van der Waals surface area contributed by atoms with Crippen LogP contribution < -0.4 is 4.90 Å². The first-order chi connectivity index (χ1) is 7.81. The number of nitrogens with zero attached hydrogens (tertiary/aromatic N) is 1. The third-order valence-electron chi connectivity index (χ3n) is 2.64. The van der Waals surface area contributed by atoms with E-state index < -0.39 is 5.78 Å². The number of hydrogen-bond donors (Lipinski definition) is 0. The number of carbonyl (C=O) groups excluding carboxylic acids is 2. The zero-order chi connectivity index (χ0) is 11.4. The SMILES string of the molecule is O=CC(=O)c1ccc(N2CCOCC2)cc1. The van der Waals surface area contributed by atoms with Gasteiger partial charge in [0.25, 0.3) is 0 Å². The summed E-state index contributed by atoms with van der Waals surface area (Å²) in [5.41, 5.74) is 1.50. The van der Waals surface area contributed by atoms with E-state index in [1.165, 1.54) is 0 Å². The summed E-state index contributed by atoms with van der Waals surface area (Å²) in [5, 5.41) is 0. The molecule has 0 aromatic heterocycles. The fraction of sp³-hybridized carbons (Fsp3) is 0.333. The van der Waals surface area contributed by atoms with E-state index in [0.717, 1.165) is 32.0 Å². The van der Waals surface area contributed by atoms with Gasteiger partial charge in [0, 0.05) is 24.3 Å². The van der Waals surface area contributed by atoms with E-state index in [9.17, 15) is 9.59 Å². The van der Waals surface area contributed by atoms with Crippen LogP contribution in [0.4, 0.5) is 5.69 Å². The Labute approximate surface area is 93.8 Å². The van der Waals surface area contributed by atoms with Crippen LogP contribution in [0.3, 0.4) is 0 Å². The maximum absolute atomic E-state index is 11.1. The number of morpholine rings is 1. The van der Waals surface area contributed by atoms with Gasteiger partial charge < -0.3 is 9.64 Å². The van der Waals surface area contributed by atoms with Gasteiger partial charge in [-0.25, -0.2) is 0 Å². The predicted molar refractivity (Wildman–Crippen MR) is 59.9 cm³/mol. The highest BCUT2D eigenvalue weighted by atomic mass is 16.5. The highest BCUT2D eigenvalue weighted by Gasteiger charge is 2.11. The molecule has 0 saturated carbocycles. The number of benzene rings is 1. The molecular formula is C12H13NO3. The van der Waals surface area contributed by atoms with Gasteiger partial charge >= 0.3 is 0 Å². The van der Waals surface area contributed by atoms with Gasteiger partial charge in [0.1, 0.15) is 0 Å². The Bertz CT molecular complexity index is 380. The number of aldehydes is 1. The van der Waals surface area contributed by atoms with Gasteiger partial charge in [0.05, 0.1) is 13.2 Å². The minimum absolute atomic E-state index is 0.337. The largest absolute Gasteiger partial charge is 0.378 e. The lowest BCUT2D eigenvalue weighted by Crippen LogP contribution is -2.36. The molecule has 0 amide bonds. The molecule has 1 aromatic carbocycles. The number of hydrogen-bond acceptors (Lipinski definition) is 4. The lowest BCUT2D eigenvalue weighted by atomic mass is 10.1. The van der Waals surface area contributed by atoms with Crippen LogP contribution in [0.5, 0.6) is 0 Å². The highest BCUT2D eigenvalue weighted by Crippen LogP contribution is 2.16. The van der Waals surface area contributed by atoms with Crippen LogP contribution in [0.2, 0.25) is 0 Å². The van der Waals surface area contributed by atoms with E-state index >= 15 is 0 Å². The van der Waals surface area contributed by atoms with Crippen molar-refractivity contribution >= 4 is 17.8 Å². The van der Waals surface area contributed by atoms with E-state index in [-0.39, 0.29) is 0 Å². The van der Waals surface area contributed by atoms with Gasteiger partial charge in [-0.2, -0.15) is 0 Å². The van der Waals surface area contributed by atoms with Crippen molar-refractivity contribution in [2.24, 2.45) is 0 Å². The van der Waals surface area contributed by atoms with Crippen molar-refractivity contribution in [1.29, 1.82) is 0 Å². The van der Waals surface area contributed by atoms with Gasteiger partial charge in [0.2, 0.25) is 5.78 Å². The van der Waals surface area contributed by atoms with Crippen LogP contribution >= 0.6 is 0 Å². The van der Waals surface area contributed by atoms with Crippen molar-refractivity contribution in [3.8, 4) is 0 Å². The Morgan fingerprint density at radius 2 is 1.81 bits per heavy atom. The van der Waals surface area contributed by atoms with Gasteiger partial charge in [0.15, 0.2) is 6.29 Å². The normalized spacial score (nSPS) is 15.9. The van der Waals surface area contributed by atoms with E-state index in [2.05, 4.69) is 4.90 Å². The molecule has 4 nitrogen and oxygen atoms in total. The molecule has 16 heavy (non-hydrogen) atoms. The van der Waals surface area contributed by atoms with Gasteiger partial charge in [-0.05, 0) is 24.3 Å². The molecule has 0 atom stereocenters. The number of rotatable bonds is 3. The smallest absolute Gasteiger partial charge is 0.225 e. The van der Waals surface area contributed by atoms with Crippen molar-refractivity contribution < 1.29 is 14.3 Å². The summed E-state index contributed by atoms with van der Waals surface area (Å²) in [5.74, 6) is -0.478. The maximum Gasteiger partial charge on any atom is 0.225 e.